The predicted octanol–water partition coefficient (Wildman–Crippen LogP) is 24.2. The highest BCUT2D eigenvalue weighted by atomic mass is 16.6. The molecule has 1 atom stereocenters. The molecule has 0 saturated carbocycles. The van der Waals surface area contributed by atoms with Crippen LogP contribution >= 0.6 is 0 Å². The van der Waals surface area contributed by atoms with Gasteiger partial charge < -0.3 is 14.2 Å². The molecule has 0 amide bonds. The van der Waals surface area contributed by atoms with Gasteiger partial charge in [-0.05, 0) is 128 Å². The molecule has 6 heteroatoms. The maximum atomic E-state index is 12.9. The summed E-state index contributed by atoms with van der Waals surface area (Å²) in [5.74, 6) is -0.888. The number of ether oxygens (including phenoxy) is 3. The summed E-state index contributed by atoms with van der Waals surface area (Å²) >= 11 is 0. The normalized spacial score (nSPS) is 12.8. The smallest absolute Gasteiger partial charge is 0.306 e. The third-order valence-corrected chi connectivity index (χ3v) is 15.0. The van der Waals surface area contributed by atoms with Crippen molar-refractivity contribution < 1.29 is 28.6 Å². The number of hydrogen-bond acceptors (Lipinski definition) is 6. The third kappa shape index (κ3) is 66.9. The molecule has 0 aromatic heterocycles. The molecule has 0 rings (SSSR count). The Labute approximate surface area is 508 Å². The molecule has 0 aliphatic carbocycles. The summed E-state index contributed by atoms with van der Waals surface area (Å²) in [6, 6.07) is 0. The molecule has 0 saturated heterocycles. The quantitative estimate of drug-likeness (QED) is 0.0261. The molecule has 0 bridgehead atoms. The summed E-state index contributed by atoms with van der Waals surface area (Å²) < 4.78 is 17.0. The van der Waals surface area contributed by atoms with E-state index >= 15 is 0 Å². The van der Waals surface area contributed by atoms with Gasteiger partial charge in [-0.1, -0.05) is 297 Å². The summed E-state index contributed by atoms with van der Waals surface area (Å²) in [4.78, 5) is 38.4. The Morgan fingerprint density at radius 2 is 0.476 bits per heavy atom. The first-order valence-corrected chi connectivity index (χ1v) is 34.9. The Bertz CT molecular complexity index is 1640. The van der Waals surface area contributed by atoms with Crippen molar-refractivity contribution >= 4 is 17.9 Å². The van der Waals surface area contributed by atoms with Gasteiger partial charge in [0.1, 0.15) is 13.2 Å². The summed E-state index contributed by atoms with van der Waals surface area (Å²) in [6.45, 7) is 6.52. The molecule has 0 radical (unpaired) electrons. The average Bonchev–Trinajstić information content (AvgIpc) is 3.47. The highest BCUT2D eigenvalue weighted by Crippen LogP contribution is 2.16. The van der Waals surface area contributed by atoms with Crippen LogP contribution in [0.5, 0.6) is 0 Å². The first-order chi connectivity index (χ1) is 40.5. The van der Waals surface area contributed by atoms with Crippen molar-refractivity contribution in [2.45, 2.75) is 341 Å². The van der Waals surface area contributed by atoms with Crippen molar-refractivity contribution in [3.8, 4) is 0 Å². The summed E-state index contributed by atoms with van der Waals surface area (Å²) in [5.41, 5.74) is 0. The minimum absolute atomic E-state index is 0.0838. The van der Waals surface area contributed by atoms with E-state index < -0.39 is 6.10 Å². The van der Waals surface area contributed by atoms with Crippen LogP contribution < -0.4 is 0 Å². The van der Waals surface area contributed by atoms with E-state index in [1.807, 2.05) is 0 Å². The summed E-state index contributed by atoms with van der Waals surface area (Å²) in [6.07, 6.45) is 95.3. The number of hydrogen-bond donors (Lipinski definition) is 0. The molecule has 470 valence electrons. The van der Waals surface area contributed by atoms with Gasteiger partial charge in [0.2, 0.25) is 0 Å². The van der Waals surface area contributed by atoms with Gasteiger partial charge in [0.05, 0.1) is 0 Å². The van der Waals surface area contributed by atoms with Crippen LogP contribution in [0.2, 0.25) is 0 Å². The Balaban J connectivity index is 4.32. The first-order valence-electron chi connectivity index (χ1n) is 34.9. The van der Waals surface area contributed by atoms with E-state index in [-0.39, 0.29) is 31.1 Å². The van der Waals surface area contributed by atoms with Crippen LogP contribution in [-0.2, 0) is 28.6 Å². The molecule has 0 N–H and O–H groups in total. The van der Waals surface area contributed by atoms with Gasteiger partial charge in [-0.3, -0.25) is 14.4 Å². The van der Waals surface area contributed by atoms with Crippen LogP contribution in [0.4, 0.5) is 0 Å². The van der Waals surface area contributed by atoms with Crippen LogP contribution in [0.15, 0.2) is 109 Å². The van der Waals surface area contributed by atoms with Crippen molar-refractivity contribution in [3.63, 3.8) is 0 Å². The molecule has 0 aromatic carbocycles. The second-order valence-electron chi connectivity index (χ2n) is 23.1. The third-order valence-electron chi connectivity index (χ3n) is 15.0. The maximum Gasteiger partial charge on any atom is 0.306 e. The van der Waals surface area contributed by atoms with E-state index in [1.165, 1.54) is 186 Å². The fourth-order valence-electron chi connectivity index (χ4n) is 9.77. The molecule has 0 aromatic rings. The molecule has 0 aliphatic heterocycles. The first kappa shape index (κ1) is 78.1. The van der Waals surface area contributed by atoms with Crippen LogP contribution in [0, 0.1) is 0 Å². The lowest BCUT2D eigenvalue weighted by Crippen LogP contribution is -2.30. The van der Waals surface area contributed by atoms with Crippen LogP contribution in [0.3, 0.4) is 0 Å². The molecule has 0 fully saturated rings. The second kappa shape index (κ2) is 69.6. The van der Waals surface area contributed by atoms with Crippen molar-refractivity contribution in [1.29, 1.82) is 0 Å². The van der Waals surface area contributed by atoms with Gasteiger partial charge in [-0.2, -0.15) is 0 Å². The second-order valence-corrected chi connectivity index (χ2v) is 23.1. The number of esters is 3. The van der Waals surface area contributed by atoms with E-state index in [9.17, 15) is 14.4 Å². The topological polar surface area (TPSA) is 78.9 Å². The zero-order chi connectivity index (χ0) is 59.2. The molecule has 0 spiro atoms. The number of carbonyl (C=O) groups is 3. The standard InChI is InChI=1S/C76H130O6/c1-4-7-10-13-16-19-22-25-28-30-32-34-35-36-37-38-39-40-41-43-44-46-48-51-54-57-60-63-66-69-75(78)81-72-73(71-80-74(77)68-65-62-59-56-53-50-27-24-21-18-15-12-9-6-3)82-76(79)70-67-64-61-58-55-52-49-47-45-42-33-31-29-26-23-20-17-14-11-8-5-2/h7,10,16,19,23-28,31-34,36-37,39-40,73H,4-6,8-9,11-15,17-18,20-22,29-30,35,38,41-72H2,1-3H3/b10-7-,19-16-,26-23-,27-24-,28-25-,33-31-,34-32-,37-36-,40-39-. The van der Waals surface area contributed by atoms with E-state index in [2.05, 4.69) is 130 Å². The van der Waals surface area contributed by atoms with Crippen LogP contribution in [0.25, 0.3) is 0 Å². The van der Waals surface area contributed by atoms with E-state index in [4.69, 9.17) is 14.2 Å². The van der Waals surface area contributed by atoms with Crippen molar-refractivity contribution in [2.24, 2.45) is 0 Å². The number of rotatable bonds is 63. The molecule has 1 unspecified atom stereocenters. The van der Waals surface area contributed by atoms with Gasteiger partial charge in [-0.15, -0.1) is 0 Å². The van der Waals surface area contributed by atoms with Gasteiger partial charge in [-0.25, -0.2) is 0 Å². The monoisotopic (exact) mass is 1140 g/mol. The van der Waals surface area contributed by atoms with Gasteiger partial charge in [0.15, 0.2) is 6.10 Å². The van der Waals surface area contributed by atoms with Gasteiger partial charge >= 0.3 is 17.9 Å². The highest BCUT2D eigenvalue weighted by molar-refractivity contribution is 5.71. The van der Waals surface area contributed by atoms with Crippen molar-refractivity contribution in [1.82, 2.24) is 0 Å². The molecule has 6 nitrogen and oxygen atoms in total. The molecule has 0 heterocycles. The molecular weight excluding hydrogens is 1010 g/mol. The lowest BCUT2D eigenvalue weighted by molar-refractivity contribution is -0.167. The lowest BCUT2D eigenvalue weighted by Gasteiger charge is -2.18. The fourth-order valence-corrected chi connectivity index (χ4v) is 9.77. The van der Waals surface area contributed by atoms with Gasteiger partial charge in [0, 0.05) is 19.3 Å². The number of allylic oxidation sites excluding steroid dienone is 18. The van der Waals surface area contributed by atoms with E-state index in [1.54, 1.807) is 0 Å². The predicted molar refractivity (Wildman–Crippen MR) is 357 cm³/mol. The van der Waals surface area contributed by atoms with Crippen LogP contribution in [-0.4, -0.2) is 37.2 Å². The minimum atomic E-state index is -0.788. The molecular formula is C76H130O6. The number of carbonyl (C=O) groups excluding carboxylic acids is 3. The zero-order valence-electron chi connectivity index (χ0n) is 54.0. The number of unbranched alkanes of at least 4 members (excludes halogenated alkanes) is 34. The summed E-state index contributed by atoms with van der Waals surface area (Å²) in [5, 5.41) is 0. The average molecular weight is 1140 g/mol. The Morgan fingerprint density at radius 1 is 0.256 bits per heavy atom. The SMILES string of the molecule is CC/C=C\C/C=C\C/C=C\C/C=C\C/C=C\C/C=C\CCCCCCCCCCCCC(=O)OCC(COC(=O)CCCCCCC/C=C\CCCCCCC)OC(=O)CCCCCCCCCCC/C=C\C/C=C\CCCCCCC. The lowest BCUT2D eigenvalue weighted by atomic mass is 10.1. The largest absolute Gasteiger partial charge is 0.462 e. The van der Waals surface area contributed by atoms with Crippen LogP contribution in [0.1, 0.15) is 335 Å². The van der Waals surface area contributed by atoms with E-state index in [0.717, 1.165) is 109 Å². The van der Waals surface area contributed by atoms with E-state index in [0.29, 0.717) is 19.3 Å². The Morgan fingerprint density at radius 3 is 0.756 bits per heavy atom. The summed E-state index contributed by atoms with van der Waals surface area (Å²) in [7, 11) is 0. The molecule has 0 aliphatic rings. The minimum Gasteiger partial charge on any atom is -0.462 e. The van der Waals surface area contributed by atoms with Gasteiger partial charge in [0.25, 0.3) is 0 Å². The zero-order valence-corrected chi connectivity index (χ0v) is 54.0. The van der Waals surface area contributed by atoms with Crippen molar-refractivity contribution in [3.05, 3.63) is 109 Å². The Kier molecular flexibility index (Phi) is 66.2. The van der Waals surface area contributed by atoms with Crippen molar-refractivity contribution in [2.75, 3.05) is 13.2 Å². The Hall–Kier alpha value is -3.93. The maximum absolute atomic E-state index is 12.9. The molecule has 82 heavy (non-hydrogen) atoms. The highest BCUT2D eigenvalue weighted by Gasteiger charge is 2.19. The fraction of sp³-hybridized carbons (Fsp3) is 0.724.